The van der Waals surface area contributed by atoms with Gasteiger partial charge in [-0.05, 0) is 30.4 Å². The van der Waals surface area contributed by atoms with Crippen LogP contribution in [0, 0.1) is 11.8 Å². The van der Waals surface area contributed by atoms with Gasteiger partial charge in [-0.3, -0.25) is 9.78 Å². The summed E-state index contributed by atoms with van der Waals surface area (Å²) in [6.45, 7) is 6.84. The van der Waals surface area contributed by atoms with Gasteiger partial charge < -0.3 is 25.5 Å². The fourth-order valence-corrected chi connectivity index (χ4v) is 4.34. The molecule has 9 nitrogen and oxygen atoms in total. The zero-order valence-electron chi connectivity index (χ0n) is 19.9. The van der Waals surface area contributed by atoms with Crippen LogP contribution in [0.15, 0.2) is 24.5 Å². The van der Waals surface area contributed by atoms with Crippen molar-refractivity contribution in [2.75, 3.05) is 38.2 Å². The lowest BCUT2D eigenvalue weighted by molar-refractivity contribution is -0.147. The molecule has 1 aromatic rings. The summed E-state index contributed by atoms with van der Waals surface area (Å²) in [6.07, 6.45) is 9.34. The number of aromatic nitrogens is 1. The van der Waals surface area contributed by atoms with E-state index >= 15 is 0 Å². The van der Waals surface area contributed by atoms with Gasteiger partial charge in [0.25, 0.3) is 0 Å². The molecule has 3 N–H and O–H groups in total. The fraction of sp³-hybridized carbons (Fsp3) is 0.708. The van der Waals surface area contributed by atoms with Gasteiger partial charge in [-0.25, -0.2) is 4.79 Å². The predicted octanol–water partition coefficient (Wildman–Crippen LogP) is 2.95. The van der Waals surface area contributed by atoms with E-state index in [1.54, 1.807) is 17.5 Å². The minimum Gasteiger partial charge on any atom is -0.382 e. The summed E-state index contributed by atoms with van der Waals surface area (Å²) in [4.78, 5) is 35.4. The van der Waals surface area contributed by atoms with Crippen molar-refractivity contribution in [2.45, 2.75) is 64.5 Å². The quantitative estimate of drug-likeness (QED) is 0.492. The summed E-state index contributed by atoms with van der Waals surface area (Å²) >= 11 is 0. The van der Waals surface area contributed by atoms with Crippen molar-refractivity contribution in [2.24, 2.45) is 11.8 Å². The maximum atomic E-state index is 13.3. The number of ether oxygens (including phenoxy) is 1. The third kappa shape index (κ3) is 8.81. The molecule has 0 unspecified atom stereocenters. The van der Waals surface area contributed by atoms with Gasteiger partial charge in [-0.15, -0.1) is 5.06 Å². The van der Waals surface area contributed by atoms with E-state index in [9.17, 15) is 9.59 Å². The van der Waals surface area contributed by atoms with Crippen LogP contribution in [0.2, 0.25) is 0 Å². The number of pyridine rings is 1. The molecule has 9 heteroatoms. The smallest absolute Gasteiger partial charge is 0.382 e. The Labute approximate surface area is 196 Å². The SMILES string of the molecule is CC(C)[C@@H](CNc1cccnc1)NC(=O)[C@H](CC1CCCCC1)NC(=O)ON1CCOCC1. The monoisotopic (exact) mass is 461 g/mol. The van der Waals surface area contributed by atoms with Crippen LogP contribution in [-0.4, -0.2) is 67.0 Å². The molecule has 1 saturated heterocycles. The van der Waals surface area contributed by atoms with E-state index in [-0.39, 0.29) is 17.9 Å². The number of nitrogens with one attached hydrogen (secondary N) is 3. The van der Waals surface area contributed by atoms with Crippen molar-refractivity contribution < 1.29 is 19.2 Å². The van der Waals surface area contributed by atoms with E-state index in [1.165, 1.54) is 19.3 Å². The molecule has 33 heavy (non-hydrogen) atoms. The number of anilines is 1. The van der Waals surface area contributed by atoms with Crippen molar-refractivity contribution in [1.82, 2.24) is 20.7 Å². The molecule has 1 aromatic heterocycles. The molecule has 184 valence electrons. The van der Waals surface area contributed by atoms with E-state index < -0.39 is 12.1 Å². The second kappa shape index (κ2) is 13.3. The van der Waals surface area contributed by atoms with Crippen LogP contribution < -0.4 is 16.0 Å². The van der Waals surface area contributed by atoms with E-state index in [1.807, 2.05) is 12.1 Å². The molecule has 2 aliphatic rings. The summed E-state index contributed by atoms with van der Waals surface area (Å²) in [6, 6.07) is 3.10. The van der Waals surface area contributed by atoms with E-state index in [0.29, 0.717) is 45.2 Å². The molecule has 2 atom stereocenters. The van der Waals surface area contributed by atoms with E-state index in [0.717, 1.165) is 18.5 Å². The van der Waals surface area contributed by atoms with Crippen LogP contribution in [0.4, 0.5) is 10.5 Å². The molecule has 0 bridgehead atoms. The Kier molecular flexibility index (Phi) is 10.2. The Bertz CT molecular complexity index is 721. The van der Waals surface area contributed by atoms with Gasteiger partial charge in [-0.1, -0.05) is 46.0 Å². The number of morpholine rings is 1. The highest BCUT2D eigenvalue weighted by Gasteiger charge is 2.29. The zero-order valence-corrected chi connectivity index (χ0v) is 19.9. The fourth-order valence-electron chi connectivity index (χ4n) is 4.34. The normalized spacial score (nSPS) is 19.5. The predicted molar refractivity (Wildman–Crippen MR) is 126 cm³/mol. The average Bonchev–Trinajstić information content (AvgIpc) is 2.83. The van der Waals surface area contributed by atoms with Gasteiger partial charge in [0, 0.05) is 25.0 Å². The van der Waals surface area contributed by atoms with Crippen LogP contribution in [0.25, 0.3) is 0 Å². The number of rotatable bonds is 10. The molecule has 0 spiro atoms. The lowest BCUT2D eigenvalue weighted by Gasteiger charge is -2.30. The Morgan fingerprint density at radius 3 is 2.61 bits per heavy atom. The first-order valence-corrected chi connectivity index (χ1v) is 12.3. The van der Waals surface area contributed by atoms with Crippen LogP contribution >= 0.6 is 0 Å². The second-order valence-electron chi connectivity index (χ2n) is 9.34. The highest BCUT2D eigenvalue weighted by atomic mass is 16.7. The second-order valence-corrected chi connectivity index (χ2v) is 9.34. The largest absolute Gasteiger partial charge is 0.426 e. The van der Waals surface area contributed by atoms with Gasteiger partial charge >= 0.3 is 6.09 Å². The van der Waals surface area contributed by atoms with Crippen LogP contribution in [-0.2, 0) is 14.4 Å². The maximum Gasteiger partial charge on any atom is 0.426 e. The third-order valence-electron chi connectivity index (χ3n) is 6.40. The van der Waals surface area contributed by atoms with Crippen LogP contribution in [0.3, 0.4) is 0 Å². The van der Waals surface area contributed by atoms with Crippen LogP contribution in [0.5, 0.6) is 0 Å². The Hall–Kier alpha value is -2.39. The molecule has 0 aromatic carbocycles. The van der Waals surface area contributed by atoms with Crippen molar-refractivity contribution in [3.8, 4) is 0 Å². The molecular weight excluding hydrogens is 422 g/mol. The Balaban J connectivity index is 1.59. The highest BCUT2D eigenvalue weighted by molar-refractivity contribution is 5.85. The first-order valence-electron chi connectivity index (χ1n) is 12.3. The Morgan fingerprint density at radius 1 is 1.18 bits per heavy atom. The number of hydrogen-bond donors (Lipinski definition) is 3. The summed E-state index contributed by atoms with van der Waals surface area (Å²) in [5.74, 6) is 0.490. The first kappa shape index (κ1) is 25.2. The summed E-state index contributed by atoms with van der Waals surface area (Å²) < 4.78 is 5.29. The van der Waals surface area contributed by atoms with Crippen molar-refractivity contribution in [3.63, 3.8) is 0 Å². The standard InChI is InChI=1S/C24H39N5O4/c1-18(2)22(17-26-20-9-6-10-25-16-20)27-23(30)21(15-19-7-4-3-5-8-19)28-24(31)33-29-11-13-32-14-12-29/h6,9-10,16,18-19,21-22,26H,3-5,7-8,11-15,17H2,1-2H3,(H,27,30)(H,28,31)/t21-,22+/m0/s1. The third-order valence-corrected chi connectivity index (χ3v) is 6.40. The molecular formula is C24H39N5O4. The molecule has 1 saturated carbocycles. The van der Waals surface area contributed by atoms with Gasteiger partial charge in [0.05, 0.1) is 32.0 Å². The summed E-state index contributed by atoms with van der Waals surface area (Å²) in [5, 5.41) is 10.9. The number of nitrogens with zero attached hydrogens (tertiary/aromatic N) is 2. The molecule has 0 radical (unpaired) electrons. The maximum absolute atomic E-state index is 13.3. The van der Waals surface area contributed by atoms with Crippen LogP contribution in [0.1, 0.15) is 52.4 Å². The summed E-state index contributed by atoms with van der Waals surface area (Å²) in [7, 11) is 0. The molecule has 1 aliphatic heterocycles. The van der Waals surface area contributed by atoms with E-state index in [2.05, 4.69) is 34.8 Å². The highest BCUT2D eigenvalue weighted by Crippen LogP contribution is 2.27. The molecule has 2 fully saturated rings. The lowest BCUT2D eigenvalue weighted by Crippen LogP contribution is -2.54. The van der Waals surface area contributed by atoms with Crippen molar-refractivity contribution in [1.29, 1.82) is 0 Å². The number of hydrogen-bond acceptors (Lipinski definition) is 7. The Morgan fingerprint density at radius 2 is 1.94 bits per heavy atom. The number of carbonyl (C=O) groups is 2. The van der Waals surface area contributed by atoms with Crippen molar-refractivity contribution in [3.05, 3.63) is 24.5 Å². The molecule has 3 rings (SSSR count). The van der Waals surface area contributed by atoms with Crippen molar-refractivity contribution >= 4 is 17.7 Å². The van der Waals surface area contributed by atoms with E-state index in [4.69, 9.17) is 9.57 Å². The summed E-state index contributed by atoms with van der Waals surface area (Å²) in [5.41, 5.74) is 0.906. The van der Waals surface area contributed by atoms with Gasteiger partial charge in [0.15, 0.2) is 0 Å². The average molecular weight is 462 g/mol. The molecule has 2 heterocycles. The lowest BCUT2D eigenvalue weighted by atomic mass is 9.84. The molecule has 2 amide bonds. The number of carbonyl (C=O) groups excluding carboxylic acids is 2. The minimum absolute atomic E-state index is 0.0939. The topological polar surface area (TPSA) is 105 Å². The zero-order chi connectivity index (χ0) is 23.5. The van der Waals surface area contributed by atoms with Gasteiger partial charge in [0.2, 0.25) is 5.91 Å². The minimum atomic E-state index is -0.624. The molecule has 1 aliphatic carbocycles. The number of hydroxylamine groups is 2. The van der Waals surface area contributed by atoms with Gasteiger partial charge in [-0.2, -0.15) is 0 Å². The first-order chi connectivity index (χ1) is 16.0. The number of amides is 2. The van der Waals surface area contributed by atoms with Gasteiger partial charge in [0.1, 0.15) is 6.04 Å².